The smallest absolute Gasteiger partial charge is 0.327 e. The van der Waals surface area contributed by atoms with E-state index in [1.807, 2.05) is 0 Å². The zero-order valence-electron chi connectivity index (χ0n) is 6.49. The molecule has 0 saturated heterocycles. The maximum Gasteiger partial charge on any atom is 0.327 e. The summed E-state index contributed by atoms with van der Waals surface area (Å²) in [6, 6.07) is 0. The van der Waals surface area contributed by atoms with Crippen LogP contribution in [0.15, 0.2) is 0 Å². The van der Waals surface area contributed by atoms with Crippen molar-refractivity contribution in [2.45, 2.75) is 6.92 Å². The first-order valence-electron chi connectivity index (χ1n) is 3.14. The zero-order valence-corrected chi connectivity index (χ0v) is 8.28. The normalized spacial score (nSPS) is 12.0. The van der Waals surface area contributed by atoms with Gasteiger partial charge in [0.05, 0.1) is 13.2 Å². The summed E-state index contributed by atoms with van der Waals surface area (Å²) in [7, 11) is -4.67. The molecule has 74 valence electrons. The lowest BCUT2D eigenvalue weighted by molar-refractivity contribution is 0.160. The van der Waals surface area contributed by atoms with Gasteiger partial charge in [-0.2, -0.15) is 0 Å². The summed E-state index contributed by atoms with van der Waals surface area (Å²) < 4.78 is 8.95. The van der Waals surface area contributed by atoms with Crippen LogP contribution < -0.4 is 0 Å². The van der Waals surface area contributed by atoms with Crippen LogP contribution in [0.25, 0.3) is 0 Å². The minimum absolute atomic E-state index is 0.112. The maximum atomic E-state index is 8.34. The number of hydrogen-bond acceptors (Lipinski definition) is 6. The predicted octanol–water partition coefficient (Wildman–Crippen LogP) is 0.0787. The molecular weight excluding hydrogens is 206 g/mol. The van der Waals surface area contributed by atoms with E-state index in [1.165, 1.54) is 0 Å². The second-order valence-electron chi connectivity index (χ2n) is 2.20. The average Bonchev–Trinajstić information content (AvgIpc) is 1.96. The molecule has 8 heteroatoms. The largest absolute Gasteiger partial charge is 0.328 e. The molecule has 0 aromatic heterocycles. The Bertz CT molecular complexity index is 97.7. The molecule has 0 atom stereocenters. The quantitative estimate of drug-likeness (QED) is 0.471. The van der Waals surface area contributed by atoms with Crippen molar-refractivity contribution < 1.29 is 28.6 Å². The van der Waals surface area contributed by atoms with E-state index >= 15 is 0 Å². The van der Waals surface area contributed by atoms with Crippen LogP contribution in [0, 0.1) is 5.92 Å². The molecule has 0 aliphatic rings. The van der Waals surface area contributed by atoms with Gasteiger partial charge in [-0.25, -0.2) is 0 Å². The summed E-state index contributed by atoms with van der Waals surface area (Å²) >= 11 is 0. The van der Waals surface area contributed by atoms with Crippen LogP contribution in [0.5, 0.6) is 0 Å². The molecule has 12 heavy (non-hydrogen) atoms. The minimum atomic E-state index is -2.33. The van der Waals surface area contributed by atoms with E-state index in [0.29, 0.717) is 0 Å². The first-order valence-corrected chi connectivity index (χ1v) is 5.47. The third kappa shape index (κ3) is 8.71. The zero-order chi connectivity index (χ0) is 9.56. The van der Waals surface area contributed by atoms with E-state index in [4.69, 9.17) is 19.6 Å². The lowest BCUT2D eigenvalue weighted by Gasteiger charge is -2.12. The third-order valence-corrected chi connectivity index (χ3v) is 1.71. The van der Waals surface area contributed by atoms with Crippen LogP contribution in [-0.4, -0.2) is 32.8 Å². The fourth-order valence-corrected chi connectivity index (χ4v) is 1.21. The Morgan fingerprint density at radius 3 is 1.58 bits per heavy atom. The molecule has 0 spiro atoms. The van der Waals surface area contributed by atoms with Crippen LogP contribution in [0.2, 0.25) is 0 Å². The van der Waals surface area contributed by atoms with Gasteiger partial charge in [0.15, 0.2) is 0 Å². The summed E-state index contributed by atoms with van der Waals surface area (Å²) in [5, 5.41) is 0. The van der Waals surface area contributed by atoms with E-state index in [-0.39, 0.29) is 19.1 Å². The van der Waals surface area contributed by atoms with E-state index in [2.05, 4.69) is 9.05 Å². The Hall–Kier alpha value is 0.620. The molecule has 0 fully saturated rings. The lowest BCUT2D eigenvalue weighted by atomic mass is 10.2. The highest BCUT2D eigenvalue weighted by Gasteiger charge is 2.08. The van der Waals surface area contributed by atoms with Crippen LogP contribution in [0.3, 0.4) is 0 Å². The lowest BCUT2D eigenvalue weighted by Crippen LogP contribution is -2.09. The van der Waals surface area contributed by atoms with Gasteiger partial charge in [-0.05, 0) is 0 Å². The summed E-state index contributed by atoms with van der Waals surface area (Å²) in [5.41, 5.74) is 0. The molecule has 0 amide bonds. The molecule has 0 unspecified atom stereocenters. The topological polar surface area (TPSA) is 99.4 Å². The SMILES string of the molecule is CC(COP(O)O)COP(O)O. The van der Waals surface area contributed by atoms with Gasteiger partial charge in [0.1, 0.15) is 0 Å². The molecule has 0 saturated carbocycles. The maximum absolute atomic E-state index is 8.34. The highest BCUT2D eigenvalue weighted by atomic mass is 31.2. The first kappa shape index (κ1) is 12.6. The molecule has 0 aromatic carbocycles. The van der Waals surface area contributed by atoms with Crippen molar-refractivity contribution in [1.29, 1.82) is 0 Å². The van der Waals surface area contributed by atoms with Crippen molar-refractivity contribution in [2.75, 3.05) is 13.2 Å². The van der Waals surface area contributed by atoms with E-state index in [1.54, 1.807) is 6.92 Å². The van der Waals surface area contributed by atoms with Gasteiger partial charge in [0.2, 0.25) is 0 Å². The second kappa shape index (κ2) is 7.06. The van der Waals surface area contributed by atoms with Crippen LogP contribution in [-0.2, 0) is 9.05 Å². The predicted molar refractivity (Wildman–Crippen MR) is 43.8 cm³/mol. The number of rotatable bonds is 6. The van der Waals surface area contributed by atoms with Crippen molar-refractivity contribution in [3.63, 3.8) is 0 Å². The summed E-state index contributed by atoms with van der Waals surface area (Å²) in [6.07, 6.45) is 0. The summed E-state index contributed by atoms with van der Waals surface area (Å²) in [6.45, 7) is 1.95. The molecular formula is C4H12O6P2. The third-order valence-electron chi connectivity index (χ3n) is 0.949. The monoisotopic (exact) mass is 218 g/mol. The van der Waals surface area contributed by atoms with Crippen molar-refractivity contribution in [2.24, 2.45) is 5.92 Å². The fourth-order valence-electron chi connectivity index (χ4n) is 0.436. The molecule has 4 N–H and O–H groups in total. The molecule has 0 aromatic rings. The van der Waals surface area contributed by atoms with Gasteiger partial charge in [0, 0.05) is 5.92 Å². The Morgan fingerprint density at radius 1 is 1.00 bits per heavy atom. The Kier molecular flexibility index (Phi) is 7.43. The molecule has 0 bridgehead atoms. The van der Waals surface area contributed by atoms with Gasteiger partial charge in [-0.3, -0.25) is 0 Å². The Labute approximate surface area is 72.8 Å². The average molecular weight is 218 g/mol. The Morgan fingerprint density at radius 2 is 1.33 bits per heavy atom. The van der Waals surface area contributed by atoms with Crippen molar-refractivity contribution in [3.8, 4) is 0 Å². The van der Waals surface area contributed by atoms with Crippen molar-refractivity contribution in [3.05, 3.63) is 0 Å². The van der Waals surface area contributed by atoms with Crippen LogP contribution in [0.4, 0.5) is 0 Å². The van der Waals surface area contributed by atoms with Gasteiger partial charge in [-0.15, -0.1) is 0 Å². The van der Waals surface area contributed by atoms with E-state index < -0.39 is 17.2 Å². The first-order chi connectivity index (χ1) is 5.52. The van der Waals surface area contributed by atoms with Gasteiger partial charge in [-0.1, -0.05) is 6.92 Å². The molecule has 0 heterocycles. The van der Waals surface area contributed by atoms with Crippen LogP contribution >= 0.6 is 17.2 Å². The van der Waals surface area contributed by atoms with Gasteiger partial charge in [0.25, 0.3) is 0 Å². The standard InChI is InChI=1S/C4H12O6P2/c1-4(2-9-11(5)6)3-10-12(7)8/h4-8H,2-3H2,1H3. The van der Waals surface area contributed by atoms with E-state index in [9.17, 15) is 0 Å². The van der Waals surface area contributed by atoms with E-state index in [0.717, 1.165) is 0 Å². The fraction of sp³-hybridized carbons (Fsp3) is 1.00. The molecule has 0 rings (SSSR count). The van der Waals surface area contributed by atoms with Gasteiger partial charge < -0.3 is 28.6 Å². The summed E-state index contributed by atoms with van der Waals surface area (Å²) in [5.74, 6) is -0.112. The summed E-state index contributed by atoms with van der Waals surface area (Å²) in [4.78, 5) is 33.4. The van der Waals surface area contributed by atoms with Crippen molar-refractivity contribution in [1.82, 2.24) is 0 Å². The Balaban J connectivity index is 3.27. The molecule has 6 nitrogen and oxygen atoms in total. The van der Waals surface area contributed by atoms with Crippen molar-refractivity contribution >= 4 is 17.2 Å². The van der Waals surface area contributed by atoms with Crippen LogP contribution in [0.1, 0.15) is 6.92 Å². The highest BCUT2D eigenvalue weighted by Crippen LogP contribution is 2.28. The minimum Gasteiger partial charge on any atom is -0.328 e. The molecule has 0 aliphatic carbocycles. The second-order valence-corrected chi connectivity index (χ2v) is 3.73. The highest BCUT2D eigenvalue weighted by molar-refractivity contribution is 7.39. The number of hydrogen-bond donors (Lipinski definition) is 4. The van der Waals surface area contributed by atoms with Gasteiger partial charge >= 0.3 is 17.2 Å². The molecule has 0 radical (unpaired) electrons. The molecule has 0 aliphatic heterocycles.